The first-order valence-corrected chi connectivity index (χ1v) is 8.68. The molecule has 0 atom stereocenters. The fourth-order valence-corrected chi connectivity index (χ4v) is 3.47. The van der Waals surface area contributed by atoms with Crippen LogP contribution in [-0.4, -0.2) is 15.6 Å². The zero-order chi connectivity index (χ0) is 17.4. The van der Waals surface area contributed by atoms with Gasteiger partial charge in [0.2, 0.25) is 0 Å². The second-order valence-corrected chi connectivity index (χ2v) is 6.64. The van der Waals surface area contributed by atoms with Crippen LogP contribution in [0.2, 0.25) is 0 Å². The molecule has 0 amide bonds. The molecule has 0 spiro atoms. The average molecular weight is 331 g/mol. The van der Waals surface area contributed by atoms with Gasteiger partial charge < -0.3 is 5.32 Å². The van der Waals surface area contributed by atoms with Crippen molar-refractivity contribution in [2.24, 2.45) is 0 Å². The molecule has 0 bridgehead atoms. The van der Waals surface area contributed by atoms with Crippen molar-refractivity contribution in [3.8, 4) is 5.69 Å². The Balaban J connectivity index is 1.82. The molecular weight excluding hydrogens is 310 g/mol. The smallest absolute Gasteiger partial charge is 0.168 e. The Bertz CT molecular complexity index is 941. The predicted octanol–water partition coefficient (Wildman–Crippen LogP) is 4.75. The Labute approximate surface area is 147 Å². The third kappa shape index (κ3) is 2.84. The van der Waals surface area contributed by atoms with E-state index in [1.165, 1.54) is 5.56 Å². The lowest BCUT2D eigenvalue weighted by Gasteiger charge is -2.14. The summed E-state index contributed by atoms with van der Waals surface area (Å²) in [6.45, 7) is 4.14. The summed E-state index contributed by atoms with van der Waals surface area (Å²) in [5.74, 6) is 0.839. The summed E-state index contributed by atoms with van der Waals surface area (Å²) < 4.78 is 1.91. The molecule has 1 aromatic heterocycles. The first-order valence-electron chi connectivity index (χ1n) is 8.68. The van der Waals surface area contributed by atoms with Gasteiger partial charge in [0.05, 0.1) is 16.9 Å². The number of fused-ring (bicyclic) bond motifs is 1. The van der Waals surface area contributed by atoms with E-state index in [-0.39, 0.29) is 5.78 Å². The number of carbonyl (C=O) groups excluding carboxylic acids is 1. The van der Waals surface area contributed by atoms with Crippen LogP contribution in [0.1, 0.15) is 40.0 Å². The third-order valence-electron chi connectivity index (χ3n) is 4.71. The topological polar surface area (TPSA) is 46.9 Å². The van der Waals surface area contributed by atoms with Crippen molar-refractivity contribution >= 4 is 17.3 Å². The van der Waals surface area contributed by atoms with Crippen molar-refractivity contribution in [1.29, 1.82) is 0 Å². The van der Waals surface area contributed by atoms with E-state index in [1.807, 2.05) is 41.1 Å². The van der Waals surface area contributed by atoms with E-state index in [0.29, 0.717) is 12.2 Å². The lowest BCUT2D eigenvalue weighted by Crippen LogP contribution is -2.13. The Morgan fingerprint density at radius 1 is 1.04 bits per heavy atom. The summed E-state index contributed by atoms with van der Waals surface area (Å²) in [4.78, 5) is 12.6. The number of aromatic nitrogens is 2. The van der Waals surface area contributed by atoms with Gasteiger partial charge in [-0.15, -0.1) is 5.10 Å². The number of hydrogen-bond acceptors (Lipinski definition) is 3. The van der Waals surface area contributed by atoms with Crippen LogP contribution in [0, 0.1) is 13.8 Å². The number of anilines is 2. The van der Waals surface area contributed by atoms with E-state index < -0.39 is 0 Å². The Hall–Kier alpha value is -2.88. The normalized spacial score (nSPS) is 13.6. The lowest BCUT2D eigenvalue weighted by atomic mass is 9.95. The quantitative estimate of drug-likeness (QED) is 0.753. The summed E-state index contributed by atoms with van der Waals surface area (Å²) in [5, 5.41) is 8.15. The van der Waals surface area contributed by atoms with Crippen LogP contribution in [0.15, 0.2) is 48.5 Å². The number of ketones is 1. The van der Waals surface area contributed by atoms with Gasteiger partial charge in [-0.25, -0.2) is 4.68 Å². The molecule has 2 aromatic carbocycles. The summed E-state index contributed by atoms with van der Waals surface area (Å²) in [5.41, 5.74) is 6.10. The van der Waals surface area contributed by atoms with Gasteiger partial charge in [-0.05, 0) is 50.5 Å². The number of Topliss-reactive ketones (excluding diaryl/α,β-unsaturated/α-hetero) is 1. The molecule has 3 aromatic rings. The minimum atomic E-state index is 0.177. The molecule has 0 saturated carbocycles. The molecule has 1 heterocycles. The number of benzene rings is 2. The van der Waals surface area contributed by atoms with Crippen molar-refractivity contribution in [3.05, 3.63) is 70.9 Å². The highest BCUT2D eigenvalue weighted by Gasteiger charge is 2.27. The maximum Gasteiger partial charge on any atom is 0.168 e. The Morgan fingerprint density at radius 2 is 1.84 bits per heavy atom. The standard InChI is InChI=1S/C21H21N3O/c1-14-11-12-17(15(2)13-14)22-21-20-18(9-6-10-19(20)25)24(23-21)16-7-4-3-5-8-16/h3-5,7-8,11-13H,6,9-10H2,1-2H3,(H,22,23). The summed E-state index contributed by atoms with van der Waals surface area (Å²) >= 11 is 0. The molecular formula is C21H21N3O. The minimum Gasteiger partial charge on any atom is -0.338 e. The average Bonchev–Trinajstić information content (AvgIpc) is 2.98. The van der Waals surface area contributed by atoms with Gasteiger partial charge in [0.1, 0.15) is 0 Å². The maximum absolute atomic E-state index is 12.6. The maximum atomic E-state index is 12.6. The summed E-state index contributed by atoms with van der Waals surface area (Å²) in [6.07, 6.45) is 2.35. The van der Waals surface area contributed by atoms with Gasteiger partial charge in [0.15, 0.2) is 11.6 Å². The van der Waals surface area contributed by atoms with Crippen LogP contribution in [0.4, 0.5) is 11.5 Å². The molecule has 25 heavy (non-hydrogen) atoms. The van der Waals surface area contributed by atoms with Crippen molar-refractivity contribution in [1.82, 2.24) is 9.78 Å². The Kier molecular flexibility index (Phi) is 3.88. The minimum absolute atomic E-state index is 0.177. The SMILES string of the molecule is Cc1ccc(Nc2nn(-c3ccccc3)c3c2C(=O)CCC3)c(C)c1. The molecule has 0 saturated heterocycles. The van der Waals surface area contributed by atoms with Gasteiger partial charge in [-0.3, -0.25) is 4.79 Å². The number of aryl methyl sites for hydroxylation is 2. The van der Waals surface area contributed by atoms with E-state index in [0.717, 1.165) is 41.0 Å². The third-order valence-corrected chi connectivity index (χ3v) is 4.71. The highest BCUT2D eigenvalue weighted by Crippen LogP contribution is 2.32. The monoisotopic (exact) mass is 331 g/mol. The van der Waals surface area contributed by atoms with Crippen LogP contribution in [-0.2, 0) is 6.42 Å². The fraction of sp³-hybridized carbons (Fsp3) is 0.238. The molecule has 4 heteroatoms. The number of nitrogens with one attached hydrogen (secondary N) is 1. The Morgan fingerprint density at radius 3 is 2.60 bits per heavy atom. The first-order chi connectivity index (χ1) is 12.1. The van der Waals surface area contributed by atoms with Crippen LogP contribution in [0.25, 0.3) is 5.69 Å². The van der Waals surface area contributed by atoms with Gasteiger partial charge in [0.25, 0.3) is 0 Å². The fourth-order valence-electron chi connectivity index (χ4n) is 3.47. The van der Waals surface area contributed by atoms with E-state index >= 15 is 0 Å². The highest BCUT2D eigenvalue weighted by molar-refractivity contribution is 6.03. The van der Waals surface area contributed by atoms with Crippen molar-refractivity contribution in [2.75, 3.05) is 5.32 Å². The zero-order valence-corrected chi connectivity index (χ0v) is 14.5. The second-order valence-electron chi connectivity index (χ2n) is 6.64. The summed E-state index contributed by atoms with van der Waals surface area (Å²) in [7, 11) is 0. The molecule has 4 rings (SSSR count). The van der Waals surface area contributed by atoms with Crippen LogP contribution >= 0.6 is 0 Å². The second kappa shape index (κ2) is 6.20. The molecule has 1 N–H and O–H groups in total. The number of nitrogens with zero attached hydrogens (tertiary/aromatic N) is 2. The predicted molar refractivity (Wildman–Crippen MR) is 100 cm³/mol. The zero-order valence-electron chi connectivity index (χ0n) is 14.5. The van der Waals surface area contributed by atoms with Crippen molar-refractivity contribution in [3.63, 3.8) is 0 Å². The number of hydrogen-bond donors (Lipinski definition) is 1. The number of carbonyl (C=O) groups is 1. The molecule has 4 nitrogen and oxygen atoms in total. The summed E-state index contributed by atoms with van der Waals surface area (Å²) in [6, 6.07) is 16.3. The molecule has 0 fully saturated rings. The van der Waals surface area contributed by atoms with Gasteiger partial charge in [0, 0.05) is 12.1 Å². The highest BCUT2D eigenvalue weighted by atomic mass is 16.1. The van der Waals surface area contributed by atoms with E-state index in [2.05, 4.69) is 31.3 Å². The van der Waals surface area contributed by atoms with Gasteiger partial charge in [-0.2, -0.15) is 0 Å². The van der Waals surface area contributed by atoms with Crippen molar-refractivity contribution in [2.45, 2.75) is 33.1 Å². The van der Waals surface area contributed by atoms with Gasteiger partial charge in [-0.1, -0.05) is 35.9 Å². The molecule has 1 aliphatic carbocycles. The molecule has 126 valence electrons. The molecule has 0 radical (unpaired) electrons. The molecule has 1 aliphatic rings. The largest absolute Gasteiger partial charge is 0.338 e. The van der Waals surface area contributed by atoms with Crippen LogP contribution < -0.4 is 5.32 Å². The van der Waals surface area contributed by atoms with E-state index in [9.17, 15) is 4.79 Å². The molecule has 0 aliphatic heterocycles. The lowest BCUT2D eigenvalue weighted by molar-refractivity contribution is 0.0973. The first kappa shape index (κ1) is 15.6. The van der Waals surface area contributed by atoms with Crippen LogP contribution in [0.5, 0.6) is 0 Å². The van der Waals surface area contributed by atoms with Crippen molar-refractivity contribution < 1.29 is 4.79 Å². The van der Waals surface area contributed by atoms with Crippen LogP contribution in [0.3, 0.4) is 0 Å². The number of para-hydroxylation sites is 1. The molecule has 0 unspecified atom stereocenters. The van der Waals surface area contributed by atoms with E-state index in [4.69, 9.17) is 5.10 Å². The van der Waals surface area contributed by atoms with Gasteiger partial charge >= 0.3 is 0 Å². The van der Waals surface area contributed by atoms with E-state index in [1.54, 1.807) is 0 Å². The number of rotatable bonds is 3.